The topological polar surface area (TPSA) is 63.6 Å². The zero-order valence-electron chi connectivity index (χ0n) is 5.47. The summed E-state index contributed by atoms with van der Waals surface area (Å²) in [4.78, 5) is 0. The van der Waals surface area contributed by atoms with Gasteiger partial charge in [0.1, 0.15) is 5.75 Å². The second-order valence-corrected chi connectivity index (χ2v) is 2.85. The van der Waals surface area contributed by atoms with Gasteiger partial charge in [-0.1, -0.05) is 18.2 Å². The molecule has 1 N–H and O–H groups in total. The first-order valence-electron chi connectivity index (χ1n) is 2.80. The zero-order valence-corrected chi connectivity index (χ0v) is 6.28. The highest BCUT2D eigenvalue weighted by atomic mass is 32.3. The molecule has 0 atom stereocenters. The number of benzene rings is 1. The van der Waals surface area contributed by atoms with Crippen LogP contribution < -0.4 is 4.18 Å². The summed E-state index contributed by atoms with van der Waals surface area (Å²) in [5.74, 6) is 0.0926. The Balaban J connectivity index is 2.82. The van der Waals surface area contributed by atoms with Crippen molar-refractivity contribution in [3.8, 4) is 5.75 Å². The van der Waals surface area contributed by atoms with Gasteiger partial charge in [0, 0.05) is 0 Å². The Labute approximate surface area is 64.4 Å². The van der Waals surface area contributed by atoms with Crippen molar-refractivity contribution >= 4 is 10.4 Å². The highest BCUT2D eigenvalue weighted by Crippen LogP contribution is 2.09. The molecule has 5 heteroatoms. The van der Waals surface area contributed by atoms with Gasteiger partial charge in [-0.3, -0.25) is 4.55 Å². The molecule has 1 aromatic carbocycles. The Hall–Kier alpha value is -1.07. The van der Waals surface area contributed by atoms with Gasteiger partial charge < -0.3 is 4.18 Å². The Morgan fingerprint density at radius 1 is 1.18 bits per heavy atom. The summed E-state index contributed by atoms with van der Waals surface area (Å²) in [6, 6.07) is 7.75. The minimum Gasteiger partial charge on any atom is -0.362 e. The molecule has 0 bridgehead atoms. The summed E-state index contributed by atoms with van der Waals surface area (Å²) < 4.78 is 32.6. The molecule has 0 saturated heterocycles. The lowest BCUT2D eigenvalue weighted by Gasteiger charge is -1.98. The molecule has 0 spiro atoms. The first-order chi connectivity index (χ1) is 5.08. The van der Waals surface area contributed by atoms with E-state index < -0.39 is 10.4 Å². The van der Waals surface area contributed by atoms with E-state index in [0.717, 1.165) is 0 Å². The highest BCUT2D eigenvalue weighted by Gasteiger charge is 2.04. The molecule has 60 valence electrons. The van der Waals surface area contributed by atoms with Crippen molar-refractivity contribution in [2.24, 2.45) is 0 Å². The van der Waals surface area contributed by atoms with E-state index in [9.17, 15) is 8.42 Å². The molecule has 0 aliphatic heterocycles. The summed E-state index contributed by atoms with van der Waals surface area (Å²) >= 11 is 0. The molecule has 0 heterocycles. The third kappa shape index (κ3) is 3.01. The molecule has 0 unspecified atom stereocenters. The molecule has 0 aromatic heterocycles. The van der Waals surface area contributed by atoms with Gasteiger partial charge in [0.15, 0.2) is 0 Å². The smallest absolute Gasteiger partial charge is 0.362 e. The molecular weight excluding hydrogens is 174 g/mol. The maximum Gasteiger partial charge on any atom is 0.446 e. The quantitative estimate of drug-likeness (QED) is 0.686. The normalized spacial score (nSPS) is 11.0. The number of hydrogen-bond donors (Lipinski definition) is 1. The lowest BCUT2D eigenvalue weighted by Crippen LogP contribution is -2.06. The van der Waals surface area contributed by atoms with Crippen molar-refractivity contribution in [1.29, 1.82) is 0 Å². The lowest BCUT2D eigenvalue weighted by molar-refractivity contribution is 0.387. The second-order valence-electron chi connectivity index (χ2n) is 1.82. The minimum absolute atomic E-state index is 0.0926. The predicted molar refractivity (Wildman–Crippen MR) is 38.6 cm³/mol. The standard InChI is InChI=1S/C6H6O4S/c7-11(8,9)10-6-4-2-1-3-5-6/h1-5H,(H,7,8,9)/i1+1,2+1,3+1,4+1,5+1,6+1. The van der Waals surface area contributed by atoms with E-state index in [0.29, 0.717) is 0 Å². The Kier molecular flexibility index (Phi) is 2.11. The summed E-state index contributed by atoms with van der Waals surface area (Å²) in [5, 5.41) is 0. The van der Waals surface area contributed by atoms with Crippen LogP contribution in [0.4, 0.5) is 0 Å². The van der Waals surface area contributed by atoms with Crippen LogP contribution >= 0.6 is 0 Å². The average Bonchev–Trinajstić information content (AvgIpc) is 1.85. The summed E-state index contributed by atoms with van der Waals surface area (Å²) in [6.45, 7) is 0. The van der Waals surface area contributed by atoms with E-state index in [1.54, 1.807) is 18.2 Å². The number of rotatable bonds is 2. The van der Waals surface area contributed by atoms with Gasteiger partial charge in [-0.2, -0.15) is 8.42 Å². The van der Waals surface area contributed by atoms with Crippen LogP contribution in [0.1, 0.15) is 0 Å². The first kappa shape index (κ1) is 8.03. The molecule has 0 amide bonds. The van der Waals surface area contributed by atoms with Gasteiger partial charge in [0.25, 0.3) is 0 Å². The fraction of sp³-hybridized carbons (Fsp3) is 0. The molecule has 0 aliphatic carbocycles. The molecule has 0 saturated carbocycles. The highest BCUT2D eigenvalue weighted by molar-refractivity contribution is 7.81. The van der Waals surface area contributed by atoms with Gasteiger partial charge >= 0.3 is 10.4 Å². The van der Waals surface area contributed by atoms with Crippen molar-refractivity contribution in [3.63, 3.8) is 0 Å². The molecule has 0 radical (unpaired) electrons. The molecule has 0 aliphatic rings. The molecule has 1 aromatic rings. The van der Waals surface area contributed by atoms with E-state index in [1.165, 1.54) is 12.1 Å². The van der Waals surface area contributed by atoms with Crippen molar-refractivity contribution in [2.45, 2.75) is 0 Å². The van der Waals surface area contributed by atoms with E-state index >= 15 is 0 Å². The van der Waals surface area contributed by atoms with Gasteiger partial charge in [-0.25, -0.2) is 0 Å². The zero-order chi connectivity index (χ0) is 8.32. The van der Waals surface area contributed by atoms with Crippen molar-refractivity contribution < 1.29 is 17.2 Å². The SMILES string of the molecule is O=S(=O)(O)O[13c]1[13cH][13cH][13cH][13cH][13cH]1. The van der Waals surface area contributed by atoms with E-state index in [2.05, 4.69) is 4.18 Å². The molecular formula is C6H6O4S. The van der Waals surface area contributed by atoms with Crippen LogP contribution in [0.25, 0.3) is 0 Å². The minimum atomic E-state index is -4.38. The van der Waals surface area contributed by atoms with Crippen LogP contribution in [0.3, 0.4) is 0 Å². The second kappa shape index (κ2) is 2.89. The Morgan fingerprint density at radius 2 is 1.73 bits per heavy atom. The molecule has 11 heavy (non-hydrogen) atoms. The Morgan fingerprint density at radius 3 is 2.18 bits per heavy atom. The summed E-state index contributed by atoms with van der Waals surface area (Å²) in [6.07, 6.45) is 0. The number of para-hydroxylation sites is 1. The fourth-order valence-electron chi connectivity index (χ4n) is 0.598. The number of hydrogen-bond acceptors (Lipinski definition) is 3. The maximum atomic E-state index is 10.1. The van der Waals surface area contributed by atoms with Gasteiger partial charge in [-0.05, 0) is 12.1 Å². The van der Waals surface area contributed by atoms with Crippen molar-refractivity contribution in [2.75, 3.05) is 0 Å². The van der Waals surface area contributed by atoms with Crippen LogP contribution in [0.15, 0.2) is 30.3 Å². The summed E-state index contributed by atoms with van der Waals surface area (Å²) in [5.41, 5.74) is 0. The molecule has 0 fully saturated rings. The van der Waals surface area contributed by atoms with Crippen molar-refractivity contribution in [3.05, 3.63) is 30.3 Å². The maximum absolute atomic E-state index is 10.1. The monoisotopic (exact) mass is 180 g/mol. The van der Waals surface area contributed by atoms with Gasteiger partial charge in [0.2, 0.25) is 0 Å². The third-order valence-corrected chi connectivity index (χ3v) is 1.35. The van der Waals surface area contributed by atoms with Gasteiger partial charge in [0.05, 0.1) is 0 Å². The van der Waals surface area contributed by atoms with Crippen molar-refractivity contribution in [1.82, 2.24) is 0 Å². The van der Waals surface area contributed by atoms with E-state index in [1.807, 2.05) is 0 Å². The Bertz CT molecular complexity index is 316. The fourth-order valence-corrected chi connectivity index (χ4v) is 0.952. The van der Waals surface area contributed by atoms with Crippen LogP contribution in [0.5, 0.6) is 5.75 Å². The van der Waals surface area contributed by atoms with Crippen LogP contribution in [0.2, 0.25) is 0 Å². The van der Waals surface area contributed by atoms with Gasteiger partial charge in [-0.15, -0.1) is 0 Å². The van der Waals surface area contributed by atoms with Crippen LogP contribution in [-0.4, -0.2) is 13.0 Å². The summed E-state index contributed by atoms with van der Waals surface area (Å²) in [7, 11) is -4.38. The average molecular weight is 180 g/mol. The van der Waals surface area contributed by atoms with Crippen LogP contribution in [-0.2, 0) is 10.4 Å². The van der Waals surface area contributed by atoms with Crippen LogP contribution in [0, 0.1) is 0 Å². The molecule has 4 nitrogen and oxygen atoms in total. The largest absolute Gasteiger partial charge is 0.446 e. The predicted octanol–water partition coefficient (Wildman–Crippen LogP) is 0.868. The molecule has 1 rings (SSSR count). The third-order valence-electron chi connectivity index (χ3n) is 0.945. The lowest BCUT2D eigenvalue weighted by atomic mass is 11.3. The van der Waals surface area contributed by atoms with E-state index in [4.69, 9.17) is 4.55 Å². The van der Waals surface area contributed by atoms with E-state index in [-0.39, 0.29) is 5.75 Å². The first-order valence-corrected chi connectivity index (χ1v) is 4.16.